The fourth-order valence-corrected chi connectivity index (χ4v) is 3.27. The summed E-state index contributed by atoms with van der Waals surface area (Å²) in [6, 6.07) is 0.381. The Bertz CT molecular complexity index is 594. The Balaban J connectivity index is 1.55. The smallest absolute Gasteiger partial charge is 0.240 e. The van der Waals surface area contributed by atoms with Crippen molar-refractivity contribution in [1.82, 2.24) is 19.7 Å². The van der Waals surface area contributed by atoms with E-state index in [0.29, 0.717) is 17.7 Å². The lowest BCUT2D eigenvalue weighted by atomic mass is 10.2. The number of amides is 1. The number of hydrogen-bond acceptors (Lipinski definition) is 5. The molecule has 0 spiro atoms. The highest BCUT2D eigenvalue weighted by Gasteiger charge is 2.26. The summed E-state index contributed by atoms with van der Waals surface area (Å²) in [4.78, 5) is 18.4. The number of rotatable bonds is 5. The molecule has 0 aromatic carbocycles. The van der Waals surface area contributed by atoms with Crippen LogP contribution in [0.1, 0.15) is 18.4 Å². The van der Waals surface area contributed by atoms with E-state index in [1.165, 1.54) is 16.9 Å². The van der Waals surface area contributed by atoms with Gasteiger partial charge in [0.1, 0.15) is 0 Å². The Morgan fingerprint density at radius 2 is 2.48 bits per heavy atom. The van der Waals surface area contributed by atoms with Crippen LogP contribution in [0.2, 0.25) is 0 Å². The summed E-state index contributed by atoms with van der Waals surface area (Å²) in [6.07, 6.45) is 7.86. The average molecular weight is 305 g/mol. The van der Waals surface area contributed by atoms with Gasteiger partial charge in [0.2, 0.25) is 5.91 Å². The molecule has 1 N–H and O–H groups in total. The summed E-state index contributed by atoms with van der Waals surface area (Å²) in [6.45, 7) is 4.27. The minimum absolute atomic E-state index is 0.00787. The van der Waals surface area contributed by atoms with Gasteiger partial charge in [0, 0.05) is 23.8 Å². The molecule has 7 heteroatoms. The maximum absolute atomic E-state index is 12.1. The predicted molar refractivity (Wildman–Crippen MR) is 82.3 cm³/mol. The Kier molecular flexibility index (Phi) is 4.31. The van der Waals surface area contributed by atoms with Crippen LogP contribution in [-0.4, -0.2) is 44.7 Å². The van der Waals surface area contributed by atoms with E-state index in [1.807, 2.05) is 29.4 Å². The molecule has 3 rings (SSSR count). The first-order valence-corrected chi connectivity index (χ1v) is 8.01. The van der Waals surface area contributed by atoms with E-state index in [2.05, 4.69) is 20.3 Å². The number of carbonyl (C=O) groups excluding carboxylic acids is 1. The van der Waals surface area contributed by atoms with Gasteiger partial charge in [-0.2, -0.15) is 5.10 Å². The number of carbonyl (C=O) groups is 1. The maximum Gasteiger partial charge on any atom is 0.240 e. The fourth-order valence-electron chi connectivity index (χ4n) is 2.72. The standard InChI is InChI=1S/C14H19N5OS/c1-11-7-16-19(8-11)9-12-3-2-5-18(12)10-13(20)17-14-15-4-6-21-14/h4,6-8,12H,2-3,5,9-10H2,1H3,(H,15,17,20). The summed E-state index contributed by atoms with van der Waals surface area (Å²) in [7, 11) is 0. The molecule has 0 bridgehead atoms. The van der Waals surface area contributed by atoms with Crippen molar-refractivity contribution in [2.75, 3.05) is 18.4 Å². The number of aryl methyl sites for hydroxylation is 1. The first kappa shape index (κ1) is 14.2. The van der Waals surface area contributed by atoms with Crippen LogP contribution in [0.15, 0.2) is 24.0 Å². The van der Waals surface area contributed by atoms with Crippen molar-refractivity contribution in [3.8, 4) is 0 Å². The van der Waals surface area contributed by atoms with Crippen LogP contribution in [0.5, 0.6) is 0 Å². The van der Waals surface area contributed by atoms with Crippen molar-refractivity contribution in [1.29, 1.82) is 0 Å². The summed E-state index contributed by atoms with van der Waals surface area (Å²) in [5.74, 6) is 0.00787. The highest BCUT2D eigenvalue weighted by molar-refractivity contribution is 7.13. The molecule has 1 fully saturated rings. The molecule has 3 heterocycles. The molecular weight excluding hydrogens is 286 g/mol. The summed E-state index contributed by atoms with van der Waals surface area (Å²) in [5, 5.41) is 9.70. The van der Waals surface area contributed by atoms with Crippen molar-refractivity contribution in [2.24, 2.45) is 0 Å². The van der Waals surface area contributed by atoms with Gasteiger partial charge < -0.3 is 5.32 Å². The van der Waals surface area contributed by atoms with Crippen LogP contribution < -0.4 is 5.32 Å². The van der Waals surface area contributed by atoms with Gasteiger partial charge in [0.25, 0.3) is 0 Å². The van der Waals surface area contributed by atoms with E-state index in [4.69, 9.17) is 0 Å². The molecule has 112 valence electrons. The first-order valence-electron chi connectivity index (χ1n) is 7.13. The van der Waals surface area contributed by atoms with Crippen LogP contribution in [-0.2, 0) is 11.3 Å². The average Bonchev–Trinajstić information content (AvgIpc) is 3.15. The Morgan fingerprint density at radius 3 is 3.19 bits per heavy atom. The summed E-state index contributed by atoms with van der Waals surface area (Å²) < 4.78 is 1.97. The Labute approximate surface area is 127 Å². The number of thiazole rings is 1. The van der Waals surface area contributed by atoms with E-state index in [0.717, 1.165) is 25.9 Å². The molecule has 1 aliphatic heterocycles. The third-order valence-electron chi connectivity index (χ3n) is 3.68. The van der Waals surface area contributed by atoms with Gasteiger partial charge in [0.15, 0.2) is 5.13 Å². The monoisotopic (exact) mass is 305 g/mol. The molecular formula is C14H19N5OS. The lowest BCUT2D eigenvalue weighted by molar-refractivity contribution is -0.117. The van der Waals surface area contributed by atoms with Gasteiger partial charge in [-0.3, -0.25) is 14.4 Å². The summed E-state index contributed by atoms with van der Waals surface area (Å²) >= 11 is 1.44. The number of likely N-dealkylation sites (tertiary alicyclic amines) is 1. The molecule has 0 aliphatic carbocycles. The third-order valence-corrected chi connectivity index (χ3v) is 4.37. The van der Waals surface area contributed by atoms with Crippen molar-refractivity contribution >= 4 is 22.4 Å². The minimum Gasteiger partial charge on any atom is -0.301 e. The molecule has 21 heavy (non-hydrogen) atoms. The first-order chi connectivity index (χ1) is 10.2. The van der Waals surface area contributed by atoms with E-state index in [1.54, 1.807) is 6.20 Å². The largest absolute Gasteiger partial charge is 0.301 e. The lowest BCUT2D eigenvalue weighted by Gasteiger charge is -2.23. The number of aromatic nitrogens is 3. The van der Waals surface area contributed by atoms with Crippen LogP contribution >= 0.6 is 11.3 Å². The van der Waals surface area contributed by atoms with Gasteiger partial charge in [-0.1, -0.05) is 0 Å². The molecule has 1 aliphatic rings. The highest BCUT2D eigenvalue weighted by atomic mass is 32.1. The zero-order valence-corrected chi connectivity index (χ0v) is 12.8. The fraction of sp³-hybridized carbons (Fsp3) is 0.500. The van der Waals surface area contributed by atoms with Crippen LogP contribution in [0.3, 0.4) is 0 Å². The normalized spacial score (nSPS) is 19.0. The molecule has 1 unspecified atom stereocenters. The second-order valence-corrected chi connectivity index (χ2v) is 6.29. The second kappa shape index (κ2) is 6.36. The third kappa shape index (κ3) is 3.68. The zero-order valence-electron chi connectivity index (χ0n) is 12.0. The number of nitrogens with zero attached hydrogens (tertiary/aromatic N) is 4. The Hall–Kier alpha value is -1.73. The van der Waals surface area contributed by atoms with Crippen molar-refractivity contribution in [3.63, 3.8) is 0 Å². The van der Waals surface area contributed by atoms with E-state index >= 15 is 0 Å². The van der Waals surface area contributed by atoms with E-state index in [9.17, 15) is 4.79 Å². The molecule has 2 aromatic rings. The molecule has 0 saturated carbocycles. The van der Waals surface area contributed by atoms with Crippen molar-refractivity contribution in [3.05, 3.63) is 29.5 Å². The number of nitrogens with one attached hydrogen (secondary N) is 1. The minimum atomic E-state index is 0.00787. The van der Waals surface area contributed by atoms with Gasteiger partial charge in [-0.05, 0) is 31.9 Å². The van der Waals surface area contributed by atoms with Gasteiger partial charge in [-0.15, -0.1) is 11.3 Å². The van der Waals surface area contributed by atoms with Gasteiger partial charge in [0.05, 0.1) is 19.3 Å². The quantitative estimate of drug-likeness (QED) is 0.914. The predicted octanol–water partition coefficient (Wildman–Crippen LogP) is 1.75. The summed E-state index contributed by atoms with van der Waals surface area (Å²) in [5.41, 5.74) is 1.17. The van der Waals surface area contributed by atoms with Crippen molar-refractivity contribution < 1.29 is 4.79 Å². The van der Waals surface area contributed by atoms with Gasteiger partial charge in [-0.25, -0.2) is 4.98 Å². The second-order valence-electron chi connectivity index (χ2n) is 5.39. The zero-order chi connectivity index (χ0) is 14.7. The maximum atomic E-state index is 12.1. The van der Waals surface area contributed by atoms with Crippen LogP contribution in [0, 0.1) is 6.92 Å². The Morgan fingerprint density at radius 1 is 1.57 bits per heavy atom. The van der Waals surface area contributed by atoms with E-state index in [-0.39, 0.29) is 5.91 Å². The topological polar surface area (TPSA) is 63.1 Å². The molecule has 1 atom stereocenters. The SMILES string of the molecule is Cc1cnn(CC2CCCN2CC(=O)Nc2nccs2)c1. The van der Waals surface area contributed by atoms with Gasteiger partial charge >= 0.3 is 0 Å². The van der Waals surface area contributed by atoms with Crippen LogP contribution in [0.25, 0.3) is 0 Å². The molecule has 0 radical (unpaired) electrons. The number of hydrogen-bond donors (Lipinski definition) is 1. The highest BCUT2D eigenvalue weighted by Crippen LogP contribution is 2.19. The molecule has 1 amide bonds. The lowest BCUT2D eigenvalue weighted by Crippen LogP contribution is -2.39. The molecule has 1 saturated heterocycles. The number of anilines is 1. The molecule has 6 nitrogen and oxygen atoms in total. The van der Waals surface area contributed by atoms with Crippen molar-refractivity contribution in [2.45, 2.75) is 32.4 Å². The van der Waals surface area contributed by atoms with E-state index < -0.39 is 0 Å². The molecule has 2 aromatic heterocycles. The van der Waals surface area contributed by atoms with Crippen LogP contribution in [0.4, 0.5) is 5.13 Å².